The lowest BCUT2D eigenvalue weighted by molar-refractivity contribution is -0.133. The summed E-state index contributed by atoms with van der Waals surface area (Å²) in [6.07, 6.45) is 0.557. The monoisotopic (exact) mass is 174 g/mol. The fourth-order valence-electron chi connectivity index (χ4n) is 0.725. The Bertz CT molecular complexity index is 183. The summed E-state index contributed by atoms with van der Waals surface area (Å²) in [7, 11) is 1.49. The average Bonchev–Trinajstić information content (AvgIpc) is 2.05. The van der Waals surface area contributed by atoms with Crippen LogP contribution in [0.4, 0.5) is 0 Å². The molecule has 0 saturated carbocycles. The molecule has 0 atom stereocenters. The van der Waals surface area contributed by atoms with Crippen LogP contribution < -0.4 is 0 Å². The molecule has 0 amide bonds. The largest absolute Gasteiger partial charge is 0.478 e. The van der Waals surface area contributed by atoms with E-state index in [1.165, 1.54) is 14.0 Å². The van der Waals surface area contributed by atoms with Gasteiger partial charge in [-0.15, -0.1) is 0 Å². The molecule has 1 N–H and O–H groups in total. The number of hydrogen-bond donors (Lipinski definition) is 1. The SMILES string of the molecule is CCC(OCOC)=C(C)C(=O)O. The maximum Gasteiger partial charge on any atom is 0.334 e. The van der Waals surface area contributed by atoms with Crippen LogP contribution in [-0.4, -0.2) is 25.0 Å². The van der Waals surface area contributed by atoms with Gasteiger partial charge in [0.2, 0.25) is 0 Å². The summed E-state index contributed by atoms with van der Waals surface area (Å²) < 4.78 is 9.69. The lowest BCUT2D eigenvalue weighted by atomic mass is 10.2. The molecule has 0 aliphatic carbocycles. The second-order valence-corrected chi connectivity index (χ2v) is 2.26. The summed E-state index contributed by atoms with van der Waals surface area (Å²) in [6, 6.07) is 0. The van der Waals surface area contributed by atoms with Crippen LogP contribution in [0.3, 0.4) is 0 Å². The summed E-state index contributed by atoms with van der Waals surface area (Å²) >= 11 is 0. The Morgan fingerprint density at radius 3 is 2.42 bits per heavy atom. The molecule has 70 valence electrons. The van der Waals surface area contributed by atoms with Crippen LogP contribution in [-0.2, 0) is 14.3 Å². The highest BCUT2D eigenvalue weighted by Gasteiger charge is 2.08. The van der Waals surface area contributed by atoms with E-state index >= 15 is 0 Å². The molecule has 0 aromatic carbocycles. The van der Waals surface area contributed by atoms with Gasteiger partial charge in [0.15, 0.2) is 6.79 Å². The highest BCUT2D eigenvalue weighted by atomic mass is 16.7. The molecule has 0 saturated heterocycles. The van der Waals surface area contributed by atoms with Crippen LogP contribution in [0.25, 0.3) is 0 Å². The summed E-state index contributed by atoms with van der Waals surface area (Å²) in [4.78, 5) is 10.5. The number of carboxylic acid groups (broad SMARTS) is 1. The predicted molar refractivity (Wildman–Crippen MR) is 43.6 cm³/mol. The average molecular weight is 174 g/mol. The molecule has 0 aliphatic heterocycles. The minimum atomic E-state index is -0.956. The Kier molecular flexibility index (Phi) is 5.12. The van der Waals surface area contributed by atoms with Gasteiger partial charge < -0.3 is 14.6 Å². The maximum atomic E-state index is 10.5. The second-order valence-electron chi connectivity index (χ2n) is 2.26. The Hall–Kier alpha value is -1.03. The number of allylic oxidation sites excluding steroid dienone is 1. The maximum absolute atomic E-state index is 10.5. The summed E-state index contributed by atoms with van der Waals surface area (Å²) in [5.74, 6) is -0.493. The third-order valence-corrected chi connectivity index (χ3v) is 1.41. The summed E-state index contributed by atoms with van der Waals surface area (Å²) in [5.41, 5.74) is 0.231. The number of rotatable bonds is 5. The minimum Gasteiger partial charge on any atom is -0.478 e. The molecule has 0 bridgehead atoms. The lowest BCUT2D eigenvalue weighted by Gasteiger charge is -2.08. The fourth-order valence-corrected chi connectivity index (χ4v) is 0.725. The van der Waals surface area contributed by atoms with Gasteiger partial charge in [0.05, 0.1) is 5.57 Å². The standard InChI is InChI=1S/C8H14O4/c1-4-7(12-5-11-3)6(2)8(9)10/h4-5H2,1-3H3,(H,9,10). The summed E-state index contributed by atoms with van der Waals surface area (Å²) in [6.45, 7) is 3.43. The normalized spacial score (nSPS) is 12.2. The Balaban J connectivity index is 4.28. The van der Waals surface area contributed by atoms with Crippen molar-refractivity contribution in [2.75, 3.05) is 13.9 Å². The van der Waals surface area contributed by atoms with E-state index in [0.29, 0.717) is 12.2 Å². The van der Waals surface area contributed by atoms with Crippen molar-refractivity contribution < 1.29 is 19.4 Å². The quantitative estimate of drug-likeness (QED) is 0.388. The van der Waals surface area contributed by atoms with Gasteiger partial charge in [0, 0.05) is 13.5 Å². The zero-order valence-corrected chi connectivity index (χ0v) is 7.59. The van der Waals surface area contributed by atoms with Gasteiger partial charge in [0.1, 0.15) is 5.76 Å². The van der Waals surface area contributed by atoms with Crippen molar-refractivity contribution in [3.8, 4) is 0 Å². The van der Waals surface area contributed by atoms with Gasteiger partial charge in [-0.2, -0.15) is 0 Å². The van der Waals surface area contributed by atoms with Crippen molar-refractivity contribution in [3.05, 3.63) is 11.3 Å². The van der Waals surface area contributed by atoms with Crippen LogP contribution in [0.5, 0.6) is 0 Å². The fraction of sp³-hybridized carbons (Fsp3) is 0.625. The first-order valence-electron chi connectivity index (χ1n) is 3.68. The first-order chi connectivity index (χ1) is 5.63. The van der Waals surface area contributed by atoms with E-state index in [4.69, 9.17) is 9.84 Å². The van der Waals surface area contributed by atoms with E-state index in [0.717, 1.165) is 0 Å². The van der Waals surface area contributed by atoms with Crippen LogP contribution in [0.2, 0.25) is 0 Å². The molecule has 0 heterocycles. The van der Waals surface area contributed by atoms with Crippen molar-refractivity contribution >= 4 is 5.97 Å². The van der Waals surface area contributed by atoms with Crippen LogP contribution >= 0.6 is 0 Å². The highest BCUT2D eigenvalue weighted by Crippen LogP contribution is 2.09. The molecule has 0 radical (unpaired) electrons. The van der Waals surface area contributed by atoms with Crippen LogP contribution in [0.15, 0.2) is 11.3 Å². The third kappa shape index (κ3) is 3.39. The van der Waals surface area contributed by atoms with E-state index < -0.39 is 5.97 Å². The van der Waals surface area contributed by atoms with Crippen molar-refractivity contribution in [2.24, 2.45) is 0 Å². The Morgan fingerprint density at radius 1 is 1.50 bits per heavy atom. The van der Waals surface area contributed by atoms with Crippen molar-refractivity contribution in [1.82, 2.24) is 0 Å². The molecular weight excluding hydrogens is 160 g/mol. The summed E-state index contributed by atoms with van der Waals surface area (Å²) in [5, 5.41) is 8.60. The molecule has 0 rings (SSSR count). The van der Waals surface area contributed by atoms with E-state index in [9.17, 15) is 4.79 Å². The molecule has 0 aromatic heterocycles. The van der Waals surface area contributed by atoms with Gasteiger partial charge >= 0.3 is 5.97 Å². The van der Waals surface area contributed by atoms with Crippen molar-refractivity contribution in [2.45, 2.75) is 20.3 Å². The zero-order chi connectivity index (χ0) is 9.56. The smallest absolute Gasteiger partial charge is 0.334 e. The molecule has 4 nitrogen and oxygen atoms in total. The van der Waals surface area contributed by atoms with E-state index in [1.807, 2.05) is 6.92 Å². The van der Waals surface area contributed by atoms with Crippen LogP contribution in [0.1, 0.15) is 20.3 Å². The number of ether oxygens (including phenoxy) is 2. The Labute approximate surface area is 71.8 Å². The lowest BCUT2D eigenvalue weighted by Crippen LogP contribution is -2.05. The van der Waals surface area contributed by atoms with Gasteiger partial charge in [-0.3, -0.25) is 0 Å². The molecule has 0 aliphatic rings. The van der Waals surface area contributed by atoms with Crippen molar-refractivity contribution in [3.63, 3.8) is 0 Å². The predicted octanol–water partition coefficient (Wildman–Crippen LogP) is 1.38. The van der Waals surface area contributed by atoms with Gasteiger partial charge in [-0.05, 0) is 6.92 Å². The third-order valence-electron chi connectivity index (χ3n) is 1.41. The van der Waals surface area contributed by atoms with Crippen molar-refractivity contribution in [1.29, 1.82) is 0 Å². The molecule has 0 fully saturated rings. The first kappa shape index (κ1) is 11.0. The number of carboxylic acids is 1. The van der Waals surface area contributed by atoms with E-state index in [2.05, 4.69) is 4.74 Å². The van der Waals surface area contributed by atoms with E-state index in [1.54, 1.807) is 0 Å². The second kappa shape index (κ2) is 5.60. The highest BCUT2D eigenvalue weighted by molar-refractivity contribution is 5.86. The molecule has 0 unspecified atom stereocenters. The van der Waals surface area contributed by atoms with Crippen LogP contribution in [0, 0.1) is 0 Å². The number of carbonyl (C=O) groups is 1. The number of hydrogen-bond acceptors (Lipinski definition) is 3. The first-order valence-corrected chi connectivity index (χ1v) is 3.68. The molecular formula is C8H14O4. The minimum absolute atomic E-state index is 0.0911. The molecule has 0 spiro atoms. The zero-order valence-electron chi connectivity index (χ0n) is 7.59. The molecule has 12 heavy (non-hydrogen) atoms. The van der Waals surface area contributed by atoms with Gasteiger partial charge in [-0.1, -0.05) is 6.92 Å². The topological polar surface area (TPSA) is 55.8 Å². The number of methoxy groups -OCH3 is 1. The molecule has 4 heteroatoms. The van der Waals surface area contributed by atoms with E-state index in [-0.39, 0.29) is 12.4 Å². The number of aliphatic carboxylic acids is 1. The van der Waals surface area contributed by atoms with Gasteiger partial charge in [0.25, 0.3) is 0 Å². The van der Waals surface area contributed by atoms with Gasteiger partial charge in [-0.25, -0.2) is 4.79 Å². The Morgan fingerprint density at radius 2 is 2.08 bits per heavy atom. The molecule has 0 aromatic rings.